The summed E-state index contributed by atoms with van der Waals surface area (Å²) in [5.74, 6) is 2.17. The first-order valence-electron chi connectivity index (χ1n) is 15.3. The Morgan fingerprint density at radius 3 is 2.76 bits per heavy atom. The predicted octanol–water partition coefficient (Wildman–Crippen LogP) is 5.82. The van der Waals surface area contributed by atoms with E-state index in [9.17, 15) is 9.90 Å². The van der Waals surface area contributed by atoms with Crippen molar-refractivity contribution in [2.45, 2.75) is 75.7 Å². The molecule has 3 aromatic rings. The molecule has 1 saturated heterocycles. The molecule has 2 fully saturated rings. The van der Waals surface area contributed by atoms with Gasteiger partial charge in [0.2, 0.25) is 0 Å². The summed E-state index contributed by atoms with van der Waals surface area (Å²) in [5, 5.41) is 18.4. The number of rotatable bonds is 9. The number of halogens is 1. The van der Waals surface area contributed by atoms with Gasteiger partial charge in [0.15, 0.2) is 0 Å². The van der Waals surface area contributed by atoms with Crippen molar-refractivity contribution in [1.29, 1.82) is 0 Å². The fourth-order valence-electron chi connectivity index (χ4n) is 6.64. The van der Waals surface area contributed by atoms with Crippen molar-refractivity contribution in [3.8, 4) is 5.75 Å². The van der Waals surface area contributed by atoms with Gasteiger partial charge >= 0.3 is 0 Å². The number of nitrogens with zero attached hydrogens (tertiary/aromatic N) is 2. The molecule has 7 nitrogen and oxygen atoms in total. The van der Waals surface area contributed by atoms with Crippen molar-refractivity contribution in [3.05, 3.63) is 88.0 Å². The molecular weight excluding hydrogens is 592 g/mol. The van der Waals surface area contributed by atoms with Crippen LogP contribution in [0.15, 0.2) is 71.3 Å². The molecule has 2 aromatic carbocycles. The van der Waals surface area contributed by atoms with Crippen molar-refractivity contribution in [3.63, 3.8) is 0 Å². The average molecular weight is 634 g/mol. The van der Waals surface area contributed by atoms with Crippen LogP contribution in [0.2, 0.25) is 0 Å². The number of nitrogens with one attached hydrogen (secondary N) is 2. The summed E-state index contributed by atoms with van der Waals surface area (Å²) in [6, 6.07) is 19.4. The second-order valence-corrected chi connectivity index (χ2v) is 13.3. The molecule has 1 aromatic heterocycles. The topological polar surface area (TPSA) is 86.7 Å². The molecule has 3 aliphatic rings. The number of benzene rings is 2. The van der Waals surface area contributed by atoms with E-state index in [0.717, 1.165) is 65.9 Å². The number of aliphatic hydroxyl groups is 1. The summed E-state index contributed by atoms with van der Waals surface area (Å²) in [7, 11) is 0. The summed E-state index contributed by atoms with van der Waals surface area (Å²) in [4.78, 5) is 20.4. The van der Waals surface area contributed by atoms with E-state index < -0.39 is 12.1 Å². The normalized spacial score (nSPS) is 22.4. The number of piperidine rings is 1. The number of ether oxygens (including phenoxy) is 1. The maximum Gasteiger partial charge on any atom is 0.251 e. The number of aromatic nitrogens is 1. The van der Waals surface area contributed by atoms with Crippen molar-refractivity contribution in [2.24, 2.45) is 5.92 Å². The molecule has 0 radical (unpaired) electrons. The van der Waals surface area contributed by atoms with Gasteiger partial charge in [-0.3, -0.25) is 4.79 Å². The van der Waals surface area contributed by atoms with Crippen LogP contribution in [0.1, 0.15) is 73.0 Å². The lowest BCUT2D eigenvalue weighted by atomic mass is 9.73. The van der Waals surface area contributed by atoms with E-state index in [1.165, 1.54) is 12.8 Å². The Morgan fingerprint density at radius 1 is 1.17 bits per heavy atom. The summed E-state index contributed by atoms with van der Waals surface area (Å²) in [5.41, 5.74) is 2.61. The van der Waals surface area contributed by atoms with Gasteiger partial charge in [-0.2, -0.15) is 0 Å². The zero-order valence-electron chi connectivity index (χ0n) is 24.3. The molecule has 6 rings (SSSR count). The van der Waals surface area contributed by atoms with Crippen molar-refractivity contribution in [2.75, 3.05) is 24.5 Å². The average Bonchev–Trinajstić information content (AvgIpc) is 2.99. The van der Waals surface area contributed by atoms with Crippen LogP contribution < -0.4 is 20.3 Å². The Morgan fingerprint density at radius 2 is 2.00 bits per heavy atom. The van der Waals surface area contributed by atoms with E-state index in [4.69, 9.17) is 4.74 Å². The van der Waals surface area contributed by atoms with Gasteiger partial charge in [0, 0.05) is 53.9 Å². The summed E-state index contributed by atoms with van der Waals surface area (Å²) >= 11 is 3.61. The Kier molecular flexibility index (Phi) is 8.84. The minimum Gasteiger partial charge on any atom is -0.487 e. The van der Waals surface area contributed by atoms with Crippen LogP contribution >= 0.6 is 15.9 Å². The second kappa shape index (κ2) is 12.7. The highest BCUT2D eigenvalue weighted by Gasteiger charge is 2.45. The second-order valence-electron chi connectivity index (χ2n) is 12.4. The number of amides is 1. The minimum absolute atomic E-state index is 0.0592. The Hall–Kier alpha value is -2.94. The molecule has 0 bridgehead atoms. The molecule has 3 heterocycles. The van der Waals surface area contributed by atoms with E-state index in [1.54, 1.807) is 12.3 Å². The van der Waals surface area contributed by atoms with Crippen molar-refractivity contribution in [1.82, 2.24) is 15.6 Å². The molecule has 2 aliphatic heterocycles. The number of pyridine rings is 1. The third-order valence-corrected chi connectivity index (χ3v) is 9.65. The molecule has 8 heteroatoms. The van der Waals surface area contributed by atoms with Crippen molar-refractivity contribution >= 4 is 27.7 Å². The fraction of sp³-hybridized carbons (Fsp3) is 0.471. The van der Waals surface area contributed by atoms with E-state index in [0.29, 0.717) is 24.4 Å². The highest BCUT2D eigenvalue weighted by molar-refractivity contribution is 9.10. The van der Waals surface area contributed by atoms with Crippen LogP contribution in [0.4, 0.5) is 5.82 Å². The third-order valence-electron chi connectivity index (χ3n) is 9.16. The summed E-state index contributed by atoms with van der Waals surface area (Å²) < 4.78 is 7.45. The third kappa shape index (κ3) is 6.66. The maximum absolute atomic E-state index is 13.6. The van der Waals surface area contributed by atoms with Gasteiger partial charge in [0.1, 0.15) is 17.2 Å². The first-order valence-corrected chi connectivity index (χ1v) is 16.1. The Labute approximate surface area is 257 Å². The smallest absolute Gasteiger partial charge is 0.251 e. The molecule has 0 unspecified atom stereocenters. The van der Waals surface area contributed by atoms with Crippen LogP contribution in [-0.4, -0.2) is 53.4 Å². The minimum atomic E-state index is -0.797. The molecule has 1 saturated carbocycles. The lowest BCUT2D eigenvalue weighted by Gasteiger charge is -2.48. The number of hydrogen-bond donors (Lipinski definition) is 3. The largest absolute Gasteiger partial charge is 0.487 e. The van der Waals surface area contributed by atoms with Gasteiger partial charge in [-0.1, -0.05) is 53.2 Å². The van der Waals surface area contributed by atoms with Gasteiger partial charge in [0.25, 0.3) is 5.91 Å². The van der Waals surface area contributed by atoms with Gasteiger partial charge < -0.3 is 25.4 Å². The standard InChI is InChI=1S/C34H41BrN4O3/c1-23-7-5-16-39(22-23)32-18-25(12-15-36-32)33(41)38-28(17-24-8-3-2-4-9-24)30(40)21-37-29-20-34(13-6-14-34)42-31-11-10-26(35)19-27(29)31/h2-4,8-12,15,18-19,23,28-30,37,40H,5-7,13-14,16-17,20-22H2,1H3,(H,38,41)/t23-,28-,29-,30+/m0/s1. The quantitative estimate of drug-likeness (QED) is 0.276. The molecule has 4 atom stereocenters. The zero-order chi connectivity index (χ0) is 29.1. The van der Waals surface area contributed by atoms with Crippen LogP contribution in [0, 0.1) is 5.92 Å². The van der Waals surface area contributed by atoms with Gasteiger partial charge in [-0.15, -0.1) is 0 Å². The van der Waals surface area contributed by atoms with Crippen LogP contribution in [0.25, 0.3) is 0 Å². The van der Waals surface area contributed by atoms with Gasteiger partial charge in [-0.05, 0) is 80.3 Å². The number of aliphatic hydroxyl groups excluding tert-OH is 1. The van der Waals surface area contributed by atoms with Crippen LogP contribution in [-0.2, 0) is 6.42 Å². The molecule has 1 spiro atoms. The molecule has 3 N–H and O–H groups in total. The SMILES string of the molecule is C[C@H]1CCCN(c2cc(C(=O)N[C@@H](Cc3ccccc3)[C@H](O)CN[C@H]3CC4(CCC4)Oc4ccc(Br)cc43)ccn2)C1. The first-order chi connectivity index (χ1) is 20.4. The fourth-order valence-corrected chi connectivity index (χ4v) is 7.02. The van der Waals surface area contributed by atoms with Gasteiger partial charge in [-0.25, -0.2) is 4.98 Å². The lowest BCUT2D eigenvalue weighted by Crippen LogP contribution is -2.52. The lowest BCUT2D eigenvalue weighted by molar-refractivity contribution is -0.0382. The summed E-state index contributed by atoms with van der Waals surface area (Å²) in [6.45, 7) is 4.51. The monoisotopic (exact) mass is 632 g/mol. The zero-order valence-corrected chi connectivity index (χ0v) is 25.9. The van der Waals surface area contributed by atoms with E-state index >= 15 is 0 Å². The maximum atomic E-state index is 13.6. The first kappa shape index (κ1) is 29.1. The number of anilines is 1. The number of carbonyl (C=O) groups is 1. The molecule has 222 valence electrons. The molecular formula is C34H41BrN4O3. The van der Waals surface area contributed by atoms with E-state index in [-0.39, 0.29) is 17.6 Å². The molecule has 1 amide bonds. The van der Waals surface area contributed by atoms with Crippen molar-refractivity contribution < 1.29 is 14.6 Å². The number of carbonyl (C=O) groups excluding carboxylic acids is 1. The van der Waals surface area contributed by atoms with Gasteiger partial charge in [0.05, 0.1) is 12.1 Å². The summed E-state index contributed by atoms with van der Waals surface area (Å²) in [6.07, 6.45) is 7.96. The molecule has 42 heavy (non-hydrogen) atoms. The Bertz CT molecular complexity index is 1380. The molecule has 1 aliphatic carbocycles. The van der Waals surface area contributed by atoms with E-state index in [2.05, 4.69) is 49.4 Å². The Balaban J connectivity index is 1.17. The predicted molar refractivity (Wildman–Crippen MR) is 169 cm³/mol. The highest BCUT2D eigenvalue weighted by atomic mass is 79.9. The van der Waals surface area contributed by atoms with Crippen LogP contribution in [0.5, 0.6) is 5.75 Å². The number of hydrogen-bond acceptors (Lipinski definition) is 6. The van der Waals surface area contributed by atoms with Crippen LogP contribution in [0.3, 0.4) is 0 Å². The highest BCUT2D eigenvalue weighted by Crippen LogP contribution is 2.49. The van der Waals surface area contributed by atoms with E-state index in [1.807, 2.05) is 48.5 Å². The number of fused-ring (bicyclic) bond motifs is 1.